The Morgan fingerprint density at radius 3 is 2.88 bits per heavy atom. The lowest BCUT2D eigenvalue weighted by atomic mass is 10.1. The molecular weight excluding hydrogens is 296 g/mol. The van der Waals surface area contributed by atoms with E-state index in [0.29, 0.717) is 0 Å². The van der Waals surface area contributed by atoms with Gasteiger partial charge < -0.3 is 0 Å². The van der Waals surface area contributed by atoms with Gasteiger partial charge in [0.15, 0.2) is 5.65 Å². The Balaban J connectivity index is 1.58. The topological polar surface area (TPSA) is 33.4 Å². The highest BCUT2D eigenvalue weighted by Gasteiger charge is 2.23. The zero-order chi connectivity index (χ0) is 16.4. The molecule has 1 aliphatic heterocycles. The van der Waals surface area contributed by atoms with Crippen molar-refractivity contribution in [2.45, 2.75) is 45.2 Å². The average Bonchev–Trinajstić information content (AvgIpc) is 3.23. The number of nitrogens with zero attached hydrogens (tertiary/aromatic N) is 4. The second-order valence-corrected chi connectivity index (χ2v) is 6.71. The van der Waals surface area contributed by atoms with E-state index in [0.717, 1.165) is 29.4 Å². The second kappa shape index (κ2) is 6.73. The summed E-state index contributed by atoms with van der Waals surface area (Å²) in [7, 11) is 0. The lowest BCUT2D eigenvalue weighted by Gasteiger charge is -2.23. The maximum absolute atomic E-state index is 4.70. The highest BCUT2D eigenvalue weighted by molar-refractivity contribution is 5.76. The second-order valence-electron chi connectivity index (χ2n) is 6.71. The lowest BCUT2D eigenvalue weighted by Crippen LogP contribution is -2.28. The Kier molecular flexibility index (Phi) is 4.30. The summed E-state index contributed by atoms with van der Waals surface area (Å²) in [6, 6.07) is 11.1. The highest BCUT2D eigenvalue weighted by atomic mass is 15.2. The Labute approximate surface area is 143 Å². The zero-order valence-electron chi connectivity index (χ0n) is 14.2. The Morgan fingerprint density at radius 1 is 1.17 bits per heavy atom. The molecule has 0 spiro atoms. The van der Waals surface area contributed by atoms with E-state index in [4.69, 9.17) is 4.98 Å². The summed E-state index contributed by atoms with van der Waals surface area (Å²) in [5, 5.41) is 4.52. The summed E-state index contributed by atoms with van der Waals surface area (Å²) in [6.45, 7) is 4.46. The van der Waals surface area contributed by atoms with Crippen LogP contribution in [0.1, 0.15) is 38.2 Å². The summed E-state index contributed by atoms with van der Waals surface area (Å²) in [6.07, 6.45) is 11.3. The third-order valence-corrected chi connectivity index (χ3v) is 5.00. The molecule has 24 heavy (non-hydrogen) atoms. The number of hydrogen-bond acceptors (Lipinski definition) is 3. The van der Waals surface area contributed by atoms with E-state index in [-0.39, 0.29) is 0 Å². The molecule has 1 saturated heterocycles. The summed E-state index contributed by atoms with van der Waals surface area (Å²) < 4.78 is 1.92. The van der Waals surface area contributed by atoms with Crippen molar-refractivity contribution < 1.29 is 0 Å². The van der Waals surface area contributed by atoms with Gasteiger partial charge in [-0.05, 0) is 31.4 Å². The molecule has 1 aliphatic rings. The summed E-state index contributed by atoms with van der Waals surface area (Å²) >= 11 is 0. The standard InChI is InChI=1S/C20H24N4/c1-2-7-18-10-6-11-23(18)14-16-12-21-20-19(13-22-24(20)15-16)17-8-4-3-5-9-17/h3-5,8-9,12-13,15,18H,2,6-7,10-11,14H2,1H3. The van der Waals surface area contributed by atoms with Gasteiger partial charge in [-0.25, -0.2) is 9.50 Å². The molecule has 0 amide bonds. The minimum absolute atomic E-state index is 0.739. The summed E-state index contributed by atoms with van der Waals surface area (Å²) in [5.41, 5.74) is 4.42. The molecule has 1 fully saturated rings. The first-order valence-corrected chi connectivity index (χ1v) is 8.97. The normalized spacial score (nSPS) is 18.5. The summed E-state index contributed by atoms with van der Waals surface area (Å²) in [5.74, 6) is 0. The molecule has 4 rings (SSSR count). The molecule has 4 nitrogen and oxygen atoms in total. The van der Waals surface area contributed by atoms with Crippen molar-refractivity contribution in [1.29, 1.82) is 0 Å². The molecule has 3 heterocycles. The van der Waals surface area contributed by atoms with Gasteiger partial charge in [0.1, 0.15) is 0 Å². The molecule has 0 bridgehead atoms. The first-order valence-electron chi connectivity index (χ1n) is 8.97. The Morgan fingerprint density at radius 2 is 2.04 bits per heavy atom. The van der Waals surface area contributed by atoms with Gasteiger partial charge in [0.05, 0.1) is 6.20 Å². The molecular formula is C20H24N4. The third kappa shape index (κ3) is 2.94. The fraction of sp³-hybridized carbons (Fsp3) is 0.400. The fourth-order valence-electron chi connectivity index (χ4n) is 3.81. The number of likely N-dealkylation sites (tertiary alicyclic amines) is 1. The van der Waals surface area contributed by atoms with Crippen molar-refractivity contribution in [3.63, 3.8) is 0 Å². The van der Waals surface area contributed by atoms with Gasteiger partial charge in [0.25, 0.3) is 0 Å². The van der Waals surface area contributed by atoms with Crippen LogP contribution in [0.2, 0.25) is 0 Å². The van der Waals surface area contributed by atoms with E-state index in [2.05, 4.69) is 47.4 Å². The molecule has 124 valence electrons. The maximum Gasteiger partial charge on any atom is 0.162 e. The zero-order valence-corrected chi connectivity index (χ0v) is 14.2. The van der Waals surface area contributed by atoms with Gasteiger partial charge >= 0.3 is 0 Å². The van der Waals surface area contributed by atoms with Crippen molar-refractivity contribution in [2.24, 2.45) is 0 Å². The number of aromatic nitrogens is 3. The molecule has 0 aliphatic carbocycles. The lowest BCUT2D eigenvalue weighted by molar-refractivity contribution is 0.233. The molecule has 0 radical (unpaired) electrons. The van der Waals surface area contributed by atoms with Gasteiger partial charge in [0, 0.05) is 36.1 Å². The molecule has 1 aromatic carbocycles. The van der Waals surface area contributed by atoms with Crippen LogP contribution in [0, 0.1) is 0 Å². The van der Waals surface area contributed by atoms with Crippen LogP contribution in [-0.4, -0.2) is 32.1 Å². The van der Waals surface area contributed by atoms with Crippen LogP contribution in [0.5, 0.6) is 0 Å². The monoisotopic (exact) mass is 320 g/mol. The fourth-order valence-corrected chi connectivity index (χ4v) is 3.81. The molecule has 1 unspecified atom stereocenters. The van der Waals surface area contributed by atoms with Crippen molar-refractivity contribution in [3.8, 4) is 11.1 Å². The van der Waals surface area contributed by atoms with E-state index >= 15 is 0 Å². The van der Waals surface area contributed by atoms with Crippen LogP contribution in [0.15, 0.2) is 48.9 Å². The molecule has 3 aromatic rings. The van der Waals surface area contributed by atoms with Gasteiger partial charge in [-0.15, -0.1) is 0 Å². The Bertz CT molecular complexity index is 809. The van der Waals surface area contributed by atoms with Crippen molar-refractivity contribution in [2.75, 3.05) is 6.54 Å². The van der Waals surface area contributed by atoms with Crippen LogP contribution >= 0.6 is 0 Å². The molecule has 0 saturated carbocycles. The van der Waals surface area contributed by atoms with E-state index in [1.807, 2.05) is 23.0 Å². The van der Waals surface area contributed by atoms with E-state index in [1.165, 1.54) is 37.8 Å². The first-order chi connectivity index (χ1) is 11.8. The minimum atomic E-state index is 0.739. The number of fused-ring (bicyclic) bond motifs is 1. The van der Waals surface area contributed by atoms with Crippen LogP contribution < -0.4 is 0 Å². The Hall–Kier alpha value is -2.20. The largest absolute Gasteiger partial charge is 0.296 e. The van der Waals surface area contributed by atoms with Crippen molar-refractivity contribution in [1.82, 2.24) is 19.5 Å². The molecule has 0 N–H and O–H groups in total. The maximum atomic E-state index is 4.70. The third-order valence-electron chi connectivity index (χ3n) is 5.00. The predicted octanol–water partition coefficient (Wildman–Crippen LogP) is 4.16. The predicted molar refractivity (Wildman–Crippen MR) is 96.8 cm³/mol. The van der Waals surface area contributed by atoms with Crippen LogP contribution in [0.4, 0.5) is 0 Å². The van der Waals surface area contributed by atoms with Crippen LogP contribution in [-0.2, 0) is 6.54 Å². The van der Waals surface area contributed by atoms with Gasteiger partial charge in [-0.2, -0.15) is 5.10 Å². The number of hydrogen-bond donors (Lipinski definition) is 0. The highest BCUT2D eigenvalue weighted by Crippen LogP contribution is 2.25. The summed E-state index contributed by atoms with van der Waals surface area (Å²) in [4.78, 5) is 7.31. The van der Waals surface area contributed by atoms with Crippen molar-refractivity contribution >= 4 is 5.65 Å². The van der Waals surface area contributed by atoms with E-state index < -0.39 is 0 Å². The SMILES string of the molecule is CCCC1CCCN1Cc1cnc2c(-c3ccccc3)cnn2c1. The minimum Gasteiger partial charge on any atom is -0.296 e. The number of rotatable bonds is 5. The first kappa shape index (κ1) is 15.3. The van der Waals surface area contributed by atoms with Crippen LogP contribution in [0.25, 0.3) is 16.8 Å². The molecule has 2 aromatic heterocycles. The average molecular weight is 320 g/mol. The van der Waals surface area contributed by atoms with Gasteiger partial charge in [-0.3, -0.25) is 4.90 Å². The smallest absolute Gasteiger partial charge is 0.162 e. The van der Waals surface area contributed by atoms with Crippen LogP contribution in [0.3, 0.4) is 0 Å². The van der Waals surface area contributed by atoms with E-state index in [9.17, 15) is 0 Å². The van der Waals surface area contributed by atoms with Gasteiger partial charge in [0.2, 0.25) is 0 Å². The van der Waals surface area contributed by atoms with Crippen molar-refractivity contribution in [3.05, 3.63) is 54.5 Å². The molecule has 4 heteroatoms. The molecule has 1 atom stereocenters. The quantitative estimate of drug-likeness (QED) is 0.708. The van der Waals surface area contributed by atoms with Gasteiger partial charge in [-0.1, -0.05) is 43.7 Å². The number of benzene rings is 1. The van der Waals surface area contributed by atoms with E-state index in [1.54, 1.807) is 0 Å².